The number of aliphatic carboxylic acids is 1. The zero-order valence-corrected chi connectivity index (χ0v) is 8.74. The summed E-state index contributed by atoms with van der Waals surface area (Å²) in [6, 6.07) is 0. The SMILES string of the molecule is CC(CC(=O)O)[C@@H](O)C(O)C(O)[C@@H](C)O. The number of hydrogen-bond acceptors (Lipinski definition) is 5. The molecule has 0 rings (SSSR count). The molecule has 0 aromatic heterocycles. The number of aliphatic hydroxyl groups is 4. The second-order valence-corrected chi connectivity index (χ2v) is 3.79. The van der Waals surface area contributed by atoms with Crippen molar-refractivity contribution < 1.29 is 30.3 Å². The first-order valence-corrected chi connectivity index (χ1v) is 4.71. The molecular weight excluding hydrogens is 204 g/mol. The van der Waals surface area contributed by atoms with Gasteiger partial charge in [-0.1, -0.05) is 6.92 Å². The monoisotopic (exact) mass is 222 g/mol. The maximum atomic E-state index is 10.3. The van der Waals surface area contributed by atoms with Crippen LogP contribution in [0.4, 0.5) is 0 Å². The van der Waals surface area contributed by atoms with Gasteiger partial charge in [0.1, 0.15) is 12.2 Å². The predicted octanol–water partition coefficient (Wildman–Crippen LogP) is -1.44. The molecule has 3 unspecified atom stereocenters. The second kappa shape index (κ2) is 6.02. The first-order valence-electron chi connectivity index (χ1n) is 4.71. The molecule has 90 valence electrons. The average Bonchev–Trinajstić information content (AvgIpc) is 2.13. The molecule has 0 spiro atoms. The third kappa shape index (κ3) is 4.57. The highest BCUT2D eigenvalue weighted by Crippen LogP contribution is 2.15. The van der Waals surface area contributed by atoms with E-state index in [9.17, 15) is 20.1 Å². The third-order valence-corrected chi connectivity index (χ3v) is 2.27. The lowest BCUT2D eigenvalue weighted by atomic mass is 9.92. The first-order chi connectivity index (χ1) is 6.77. The van der Waals surface area contributed by atoms with Crippen LogP contribution in [-0.2, 0) is 4.79 Å². The summed E-state index contributed by atoms with van der Waals surface area (Å²) in [7, 11) is 0. The molecule has 0 aromatic carbocycles. The van der Waals surface area contributed by atoms with Gasteiger partial charge >= 0.3 is 5.97 Å². The topological polar surface area (TPSA) is 118 Å². The Morgan fingerprint density at radius 1 is 1.00 bits per heavy atom. The minimum atomic E-state index is -1.56. The van der Waals surface area contributed by atoms with E-state index in [1.54, 1.807) is 0 Å². The van der Waals surface area contributed by atoms with Crippen LogP contribution in [0.5, 0.6) is 0 Å². The van der Waals surface area contributed by atoms with Crippen LogP contribution in [0.2, 0.25) is 0 Å². The van der Waals surface area contributed by atoms with E-state index in [0.29, 0.717) is 0 Å². The van der Waals surface area contributed by atoms with E-state index in [1.165, 1.54) is 13.8 Å². The van der Waals surface area contributed by atoms with E-state index in [4.69, 9.17) is 10.2 Å². The Morgan fingerprint density at radius 3 is 1.80 bits per heavy atom. The fourth-order valence-corrected chi connectivity index (χ4v) is 1.22. The molecule has 0 fully saturated rings. The van der Waals surface area contributed by atoms with Crippen LogP contribution < -0.4 is 0 Å². The highest BCUT2D eigenvalue weighted by atomic mass is 16.4. The quantitative estimate of drug-likeness (QED) is 0.375. The van der Waals surface area contributed by atoms with E-state index in [0.717, 1.165) is 0 Å². The summed E-state index contributed by atoms with van der Waals surface area (Å²) in [6.45, 7) is 2.71. The Hall–Kier alpha value is -0.690. The van der Waals surface area contributed by atoms with Crippen LogP contribution in [0.3, 0.4) is 0 Å². The van der Waals surface area contributed by atoms with E-state index in [2.05, 4.69) is 0 Å². The Bertz CT molecular complexity index is 205. The Kier molecular flexibility index (Phi) is 5.74. The molecule has 0 aromatic rings. The van der Waals surface area contributed by atoms with Crippen LogP contribution in [-0.4, -0.2) is 55.9 Å². The van der Waals surface area contributed by atoms with Gasteiger partial charge in [0.05, 0.1) is 18.6 Å². The van der Waals surface area contributed by atoms with Gasteiger partial charge < -0.3 is 25.5 Å². The molecule has 15 heavy (non-hydrogen) atoms. The molecule has 0 aliphatic heterocycles. The van der Waals surface area contributed by atoms with Gasteiger partial charge in [0.2, 0.25) is 0 Å². The van der Waals surface area contributed by atoms with Gasteiger partial charge in [0, 0.05) is 0 Å². The summed E-state index contributed by atoms with van der Waals surface area (Å²) < 4.78 is 0. The number of carboxylic acid groups (broad SMARTS) is 1. The zero-order chi connectivity index (χ0) is 12.2. The van der Waals surface area contributed by atoms with E-state index in [-0.39, 0.29) is 6.42 Å². The van der Waals surface area contributed by atoms with E-state index >= 15 is 0 Å². The lowest BCUT2D eigenvalue weighted by Crippen LogP contribution is -2.46. The van der Waals surface area contributed by atoms with E-state index < -0.39 is 36.3 Å². The summed E-state index contributed by atoms with van der Waals surface area (Å²) in [5, 5.41) is 45.5. The van der Waals surface area contributed by atoms with Crippen molar-refractivity contribution in [2.45, 2.75) is 44.7 Å². The van der Waals surface area contributed by atoms with Crippen molar-refractivity contribution in [3.63, 3.8) is 0 Å². The van der Waals surface area contributed by atoms with Gasteiger partial charge in [-0.05, 0) is 12.8 Å². The van der Waals surface area contributed by atoms with Crippen LogP contribution in [0.15, 0.2) is 0 Å². The molecule has 0 saturated carbocycles. The van der Waals surface area contributed by atoms with Crippen molar-refractivity contribution in [1.82, 2.24) is 0 Å². The summed E-state index contributed by atoms with van der Waals surface area (Å²) in [5.74, 6) is -1.80. The summed E-state index contributed by atoms with van der Waals surface area (Å²) >= 11 is 0. The van der Waals surface area contributed by atoms with Crippen molar-refractivity contribution >= 4 is 5.97 Å². The van der Waals surface area contributed by atoms with Gasteiger partial charge in [0.25, 0.3) is 0 Å². The molecule has 0 amide bonds. The summed E-state index contributed by atoms with van der Waals surface area (Å²) in [5.41, 5.74) is 0. The minimum Gasteiger partial charge on any atom is -0.481 e. The first kappa shape index (κ1) is 14.3. The zero-order valence-electron chi connectivity index (χ0n) is 8.74. The van der Waals surface area contributed by atoms with Crippen LogP contribution >= 0.6 is 0 Å². The fourth-order valence-electron chi connectivity index (χ4n) is 1.22. The van der Waals surface area contributed by atoms with Gasteiger partial charge in [-0.3, -0.25) is 4.79 Å². The number of carbonyl (C=O) groups is 1. The Labute approximate surface area is 87.8 Å². The average molecular weight is 222 g/mol. The summed E-state index contributed by atoms with van der Waals surface area (Å²) in [4.78, 5) is 10.3. The molecule has 5 N–H and O–H groups in total. The predicted molar refractivity (Wildman–Crippen MR) is 51.1 cm³/mol. The molecule has 0 bridgehead atoms. The number of hydrogen-bond donors (Lipinski definition) is 5. The minimum absolute atomic E-state index is 0.315. The molecule has 6 nitrogen and oxygen atoms in total. The standard InChI is InChI=1S/C9H18O6/c1-4(3-6(11)12)7(13)9(15)8(14)5(2)10/h4-5,7-10,13-15H,3H2,1-2H3,(H,11,12)/t4?,5-,7-,8?,9?/m1/s1. The molecule has 6 heteroatoms. The molecule has 0 aliphatic carbocycles. The van der Waals surface area contributed by atoms with Crippen molar-refractivity contribution in [2.24, 2.45) is 5.92 Å². The van der Waals surface area contributed by atoms with Gasteiger partial charge in [-0.2, -0.15) is 0 Å². The Balaban J connectivity index is 4.29. The maximum absolute atomic E-state index is 10.3. The molecule has 0 saturated heterocycles. The molecular formula is C9H18O6. The number of aliphatic hydroxyl groups excluding tert-OH is 4. The van der Waals surface area contributed by atoms with Gasteiger partial charge in [-0.15, -0.1) is 0 Å². The second-order valence-electron chi connectivity index (χ2n) is 3.79. The normalized spacial score (nSPS) is 21.5. The molecule has 5 atom stereocenters. The van der Waals surface area contributed by atoms with Crippen LogP contribution in [0, 0.1) is 5.92 Å². The number of rotatable bonds is 6. The van der Waals surface area contributed by atoms with Crippen molar-refractivity contribution in [3.05, 3.63) is 0 Å². The maximum Gasteiger partial charge on any atom is 0.303 e. The molecule has 0 radical (unpaired) electrons. The van der Waals surface area contributed by atoms with Crippen LogP contribution in [0.25, 0.3) is 0 Å². The lowest BCUT2D eigenvalue weighted by Gasteiger charge is -2.27. The smallest absolute Gasteiger partial charge is 0.303 e. The number of carboxylic acids is 1. The Morgan fingerprint density at radius 2 is 1.47 bits per heavy atom. The van der Waals surface area contributed by atoms with Crippen LogP contribution in [0.1, 0.15) is 20.3 Å². The van der Waals surface area contributed by atoms with Gasteiger partial charge in [-0.25, -0.2) is 0 Å². The van der Waals surface area contributed by atoms with Crippen molar-refractivity contribution in [1.29, 1.82) is 0 Å². The summed E-state index contributed by atoms with van der Waals surface area (Å²) in [6.07, 6.45) is -5.93. The molecule has 0 aliphatic rings. The van der Waals surface area contributed by atoms with E-state index in [1.807, 2.05) is 0 Å². The molecule has 0 heterocycles. The van der Waals surface area contributed by atoms with Crippen molar-refractivity contribution in [3.8, 4) is 0 Å². The van der Waals surface area contributed by atoms with Crippen molar-refractivity contribution in [2.75, 3.05) is 0 Å². The third-order valence-electron chi connectivity index (χ3n) is 2.27. The van der Waals surface area contributed by atoms with Gasteiger partial charge in [0.15, 0.2) is 0 Å². The fraction of sp³-hybridized carbons (Fsp3) is 0.889. The highest BCUT2D eigenvalue weighted by molar-refractivity contribution is 5.67. The lowest BCUT2D eigenvalue weighted by molar-refractivity contribution is -0.142. The largest absolute Gasteiger partial charge is 0.481 e. The highest BCUT2D eigenvalue weighted by Gasteiger charge is 2.32.